The van der Waals surface area contributed by atoms with Gasteiger partial charge in [-0.05, 0) is 47.9 Å². The zero-order chi connectivity index (χ0) is 26.0. The third-order valence-electron chi connectivity index (χ3n) is 5.89. The van der Waals surface area contributed by atoms with E-state index in [0.717, 1.165) is 22.5 Å². The normalized spacial score (nSPS) is 11.6. The number of nitrogens with one attached hydrogen (secondary N) is 2. The van der Waals surface area contributed by atoms with Gasteiger partial charge in [0, 0.05) is 24.4 Å². The van der Waals surface area contributed by atoms with Gasteiger partial charge < -0.3 is 9.72 Å². The van der Waals surface area contributed by atoms with Crippen molar-refractivity contribution in [1.29, 1.82) is 0 Å². The van der Waals surface area contributed by atoms with Crippen LogP contribution in [0.25, 0.3) is 10.9 Å². The van der Waals surface area contributed by atoms with Crippen molar-refractivity contribution in [3.63, 3.8) is 0 Å². The number of hydrogen-bond donors (Lipinski definition) is 2. The number of halogens is 1. The fourth-order valence-electron chi connectivity index (χ4n) is 4.13. The molecular formula is C26H23ClN4O4S2. The Hall–Kier alpha value is -3.60. The first-order chi connectivity index (χ1) is 17.8. The maximum Gasteiger partial charge on any atom is 0.272 e. The molecule has 5 aromatic rings. The van der Waals surface area contributed by atoms with Crippen LogP contribution in [0.3, 0.4) is 0 Å². The van der Waals surface area contributed by atoms with Gasteiger partial charge in [0.05, 0.1) is 28.9 Å². The number of fused-ring (bicyclic) bond motifs is 1. The topological polar surface area (TPSA) is 106 Å². The molecule has 0 bridgehead atoms. The van der Waals surface area contributed by atoms with Crippen LogP contribution < -0.4 is 9.46 Å². The van der Waals surface area contributed by atoms with Gasteiger partial charge in [0.15, 0.2) is 11.6 Å². The molecule has 0 saturated heterocycles. The number of ketones is 1. The standard InChI is InChI=1S/C26H23ClN4O4S2/c1-35-22-7-3-6-20-25(22)26(30-37(33,34)24-11-10-23(27)36-24)29-31(20)16-18-5-2-4-17(14-18)8-9-21(32)19-12-13-28-15-19/h2-7,10-15,28H,8-9,16H2,1H3,(H,29,30). The molecule has 0 aliphatic heterocycles. The van der Waals surface area contributed by atoms with Crippen molar-refractivity contribution < 1.29 is 17.9 Å². The lowest BCUT2D eigenvalue weighted by Crippen LogP contribution is -2.12. The van der Waals surface area contributed by atoms with E-state index in [-0.39, 0.29) is 15.8 Å². The number of nitrogens with zero attached hydrogens (tertiary/aromatic N) is 2. The van der Waals surface area contributed by atoms with Crippen molar-refractivity contribution in [1.82, 2.24) is 14.8 Å². The van der Waals surface area contributed by atoms with Crippen LogP contribution in [0, 0.1) is 0 Å². The van der Waals surface area contributed by atoms with E-state index in [2.05, 4.69) is 14.8 Å². The minimum Gasteiger partial charge on any atom is -0.496 e. The van der Waals surface area contributed by atoms with Crippen molar-refractivity contribution >= 4 is 55.5 Å². The first-order valence-corrected chi connectivity index (χ1v) is 14.1. The summed E-state index contributed by atoms with van der Waals surface area (Å²) in [6, 6.07) is 18.2. The molecule has 0 aliphatic rings. The fraction of sp³-hybridized carbons (Fsp3) is 0.154. The Balaban J connectivity index is 1.43. The van der Waals surface area contributed by atoms with Crippen molar-refractivity contribution in [2.45, 2.75) is 23.6 Å². The number of carbonyl (C=O) groups excluding carboxylic acids is 1. The predicted molar refractivity (Wildman–Crippen MR) is 145 cm³/mol. The van der Waals surface area contributed by atoms with Crippen molar-refractivity contribution in [2.75, 3.05) is 11.8 Å². The Kier molecular flexibility index (Phi) is 7.05. The first-order valence-electron chi connectivity index (χ1n) is 11.4. The summed E-state index contributed by atoms with van der Waals surface area (Å²) in [4.78, 5) is 15.3. The van der Waals surface area contributed by atoms with Crippen LogP contribution in [0.4, 0.5) is 5.82 Å². The van der Waals surface area contributed by atoms with E-state index < -0.39 is 10.0 Å². The molecule has 3 heterocycles. The number of thiophene rings is 1. The highest BCUT2D eigenvalue weighted by Crippen LogP contribution is 2.35. The molecule has 190 valence electrons. The highest BCUT2D eigenvalue weighted by atomic mass is 35.5. The molecule has 37 heavy (non-hydrogen) atoms. The van der Waals surface area contributed by atoms with Gasteiger partial charge in [0.25, 0.3) is 10.0 Å². The van der Waals surface area contributed by atoms with Crippen molar-refractivity contribution in [3.05, 3.63) is 94.1 Å². The van der Waals surface area contributed by atoms with Crippen LogP contribution in [0.2, 0.25) is 4.34 Å². The number of benzene rings is 2. The van der Waals surface area contributed by atoms with E-state index in [1.807, 2.05) is 36.4 Å². The number of anilines is 1. The molecule has 5 rings (SSSR count). The fourth-order valence-corrected chi connectivity index (χ4v) is 6.63. The van der Waals surface area contributed by atoms with Gasteiger partial charge in [0.2, 0.25) is 0 Å². The number of aromatic amines is 1. The minimum absolute atomic E-state index is 0.0840. The Morgan fingerprint density at radius 2 is 1.95 bits per heavy atom. The van der Waals surface area contributed by atoms with Gasteiger partial charge in [-0.15, -0.1) is 11.3 Å². The van der Waals surface area contributed by atoms with Crippen LogP contribution in [-0.2, 0) is 23.0 Å². The van der Waals surface area contributed by atoms with Crippen LogP contribution >= 0.6 is 22.9 Å². The van der Waals surface area contributed by atoms with Gasteiger partial charge in [-0.2, -0.15) is 5.10 Å². The third kappa shape index (κ3) is 5.41. The molecule has 3 aromatic heterocycles. The van der Waals surface area contributed by atoms with Crippen LogP contribution in [0.5, 0.6) is 5.75 Å². The van der Waals surface area contributed by atoms with E-state index >= 15 is 0 Å². The van der Waals surface area contributed by atoms with Gasteiger partial charge in [-0.25, -0.2) is 8.42 Å². The molecule has 8 nitrogen and oxygen atoms in total. The van der Waals surface area contributed by atoms with E-state index in [9.17, 15) is 13.2 Å². The predicted octanol–water partition coefficient (Wildman–Crippen LogP) is 5.75. The summed E-state index contributed by atoms with van der Waals surface area (Å²) < 4.78 is 36.3. The van der Waals surface area contributed by atoms with E-state index in [0.29, 0.717) is 45.9 Å². The Labute approximate surface area is 222 Å². The molecule has 0 aliphatic carbocycles. The summed E-state index contributed by atoms with van der Waals surface area (Å²) in [6.07, 6.45) is 4.46. The average molecular weight is 555 g/mol. The number of aromatic nitrogens is 3. The number of hydrogen-bond acceptors (Lipinski definition) is 6. The van der Waals surface area contributed by atoms with Crippen LogP contribution in [0.1, 0.15) is 27.9 Å². The molecule has 11 heteroatoms. The zero-order valence-electron chi connectivity index (χ0n) is 19.8. The number of aryl methyl sites for hydroxylation is 1. The Bertz CT molecular complexity index is 1670. The Morgan fingerprint density at radius 1 is 1.14 bits per heavy atom. The number of ether oxygens (including phenoxy) is 1. The molecule has 0 radical (unpaired) electrons. The van der Waals surface area contributed by atoms with Gasteiger partial charge in [-0.3, -0.25) is 14.2 Å². The minimum atomic E-state index is -3.89. The molecule has 2 N–H and O–H groups in total. The summed E-state index contributed by atoms with van der Waals surface area (Å²) in [5.41, 5.74) is 3.39. The Morgan fingerprint density at radius 3 is 2.68 bits per heavy atom. The summed E-state index contributed by atoms with van der Waals surface area (Å²) in [7, 11) is -2.36. The second-order valence-electron chi connectivity index (χ2n) is 8.37. The molecule has 0 fully saturated rings. The summed E-state index contributed by atoms with van der Waals surface area (Å²) in [6.45, 7) is 0.399. The van der Waals surface area contributed by atoms with E-state index in [1.54, 1.807) is 29.2 Å². The summed E-state index contributed by atoms with van der Waals surface area (Å²) >= 11 is 6.92. The highest BCUT2D eigenvalue weighted by Gasteiger charge is 2.23. The monoisotopic (exact) mass is 554 g/mol. The van der Waals surface area contributed by atoms with Crippen molar-refractivity contribution in [2.24, 2.45) is 0 Å². The van der Waals surface area contributed by atoms with E-state index in [4.69, 9.17) is 16.3 Å². The molecule has 0 unspecified atom stereocenters. The highest BCUT2D eigenvalue weighted by molar-refractivity contribution is 7.94. The number of carbonyl (C=O) groups is 1. The lowest BCUT2D eigenvalue weighted by molar-refractivity contribution is 0.0983. The second kappa shape index (κ2) is 10.4. The van der Waals surface area contributed by atoms with Gasteiger partial charge in [0.1, 0.15) is 9.96 Å². The lowest BCUT2D eigenvalue weighted by atomic mass is 10.0. The summed E-state index contributed by atoms with van der Waals surface area (Å²) in [5.74, 6) is 0.758. The SMILES string of the molecule is COc1cccc2c1c(NS(=O)(=O)c1ccc(Cl)s1)nn2Cc1cccc(CCC(=O)c2cc[nH]c2)c1. The lowest BCUT2D eigenvalue weighted by Gasteiger charge is -2.07. The van der Waals surface area contributed by atoms with Gasteiger partial charge in [-0.1, -0.05) is 41.9 Å². The van der Waals surface area contributed by atoms with Gasteiger partial charge >= 0.3 is 0 Å². The average Bonchev–Trinajstić information content (AvgIpc) is 3.64. The molecular weight excluding hydrogens is 532 g/mol. The second-order valence-corrected chi connectivity index (χ2v) is 12.0. The maximum absolute atomic E-state index is 13.0. The number of methoxy groups -OCH3 is 1. The molecule has 0 saturated carbocycles. The third-order valence-corrected chi connectivity index (χ3v) is 8.95. The molecule has 0 spiro atoms. The molecule has 0 atom stereocenters. The molecule has 0 amide bonds. The first kappa shape index (κ1) is 25.1. The smallest absolute Gasteiger partial charge is 0.272 e. The van der Waals surface area contributed by atoms with Crippen molar-refractivity contribution in [3.8, 4) is 5.75 Å². The summed E-state index contributed by atoms with van der Waals surface area (Å²) in [5, 5.41) is 5.17. The molecule has 2 aromatic carbocycles. The number of Topliss-reactive ketones (excluding diaryl/α,β-unsaturated/α-hetero) is 1. The maximum atomic E-state index is 13.0. The van der Waals surface area contributed by atoms with Crippen LogP contribution in [-0.4, -0.2) is 36.1 Å². The van der Waals surface area contributed by atoms with Crippen LogP contribution in [0.15, 0.2) is 77.3 Å². The number of rotatable bonds is 10. The zero-order valence-corrected chi connectivity index (χ0v) is 22.2. The largest absolute Gasteiger partial charge is 0.496 e. The van der Waals surface area contributed by atoms with E-state index in [1.165, 1.54) is 19.2 Å². The quantitative estimate of drug-likeness (QED) is 0.214. The number of H-pyrrole nitrogens is 1. The number of sulfonamides is 1.